The van der Waals surface area contributed by atoms with Gasteiger partial charge in [0.15, 0.2) is 0 Å². The van der Waals surface area contributed by atoms with Crippen LogP contribution < -0.4 is 11.5 Å². The molecule has 0 heterocycles. The standard InChI is InChI=1S/C11H22N4/c1-8(2)6-9-4-3-5-10(7-9)14-15-11(12)13/h8-9H,3-7H2,1-2H3,(H4,12,13,15). The maximum Gasteiger partial charge on any atom is 0.211 e. The van der Waals surface area contributed by atoms with E-state index in [1.165, 1.54) is 19.3 Å². The van der Waals surface area contributed by atoms with Gasteiger partial charge in [0.25, 0.3) is 0 Å². The van der Waals surface area contributed by atoms with Crippen molar-refractivity contribution in [3.63, 3.8) is 0 Å². The minimum atomic E-state index is 0.0495. The number of hydrogen-bond acceptors (Lipinski definition) is 2. The molecule has 0 aromatic rings. The Balaban J connectivity index is 2.48. The van der Waals surface area contributed by atoms with Gasteiger partial charge in [-0.1, -0.05) is 13.8 Å². The highest BCUT2D eigenvalue weighted by molar-refractivity contribution is 5.86. The molecule has 0 saturated heterocycles. The van der Waals surface area contributed by atoms with Gasteiger partial charge in [0.05, 0.1) is 0 Å². The lowest BCUT2D eigenvalue weighted by atomic mass is 9.83. The Bertz CT molecular complexity index is 251. The second kappa shape index (κ2) is 5.73. The molecule has 1 unspecified atom stereocenters. The molecule has 0 aliphatic heterocycles. The monoisotopic (exact) mass is 210 g/mol. The number of rotatable bonds is 3. The first-order valence-corrected chi connectivity index (χ1v) is 5.72. The third-order valence-corrected chi connectivity index (χ3v) is 2.71. The van der Waals surface area contributed by atoms with E-state index in [4.69, 9.17) is 11.5 Å². The van der Waals surface area contributed by atoms with E-state index in [1.807, 2.05) is 0 Å². The fourth-order valence-electron chi connectivity index (χ4n) is 2.22. The van der Waals surface area contributed by atoms with E-state index in [-0.39, 0.29) is 5.96 Å². The molecule has 0 bridgehead atoms. The lowest BCUT2D eigenvalue weighted by Gasteiger charge is -2.24. The third kappa shape index (κ3) is 4.81. The summed E-state index contributed by atoms with van der Waals surface area (Å²) in [6.45, 7) is 4.53. The molecular weight excluding hydrogens is 188 g/mol. The second-order valence-electron chi connectivity index (χ2n) is 4.78. The predicted molar refractivity (Wildman–Crippen MR) is 64.7 cm³/mol. The van der Waals surface area contributed by atoms with Crippen molar-refractivity contribution in [2.45, 2.75) is 46.0 Å². The molecule has 1 saturated carbocycles. The third-order valence-electron chi connectivity index (χ3n) is 2.71. The fourth-order valence-corrected chi connectivity index (χ4v) is 2.22. The lowest BCUT2D eigenvalue weighted by Crippen LogP contribution is -2.22. The van der Waals surface area contributed by atoms with Crippen LogP contribution in [0.2, 0.25) is 0 Å². The molecule has 0 amide bonds. The van der Waals surface area contributed by atoms with Crippen molar-refractivity contribution in [3.8, 4) is 0 Å². The van der Waals surface area contributed by atoms with Crippen LogP contribution in [0.5, 0.6) is 0 Å². The molecule has 0 spiro atoms. The van der Waals surface area contributed by atoms with Crippen molar-refractivity contribution in [1.29, 1.82) is 0 Å². The first-order valence-electron chi connectivity index (χ1n) is 5.72. The lowest BCUT2D eigenvalue weighted by molar-refractivity contribution is 0.372. The van der Waals surface area contributed by atoms with Gasteiger partial charge in [0.2, 0.25) is 5.96 Å². The van der Waals surface area contributed by atoms with E-state index in [0.29, 0.717) is 0 Å². The maximum absolute atomic E-state index is 5.25. The molecule has 4 heteroatoms. The van der Waals surface area contributed by atoms with E-state index >= 15 is 0 Å². The molecule has 1 aliphatic rings. The Morgan fingerprint density at radius 1 is 1.47 bits per heavy atom. The Morgan fingerprint density at radius 3 is 2.80 bits per heavy atom. The van der Waals surface area contributed by atoms with Gasteiger partial charge in [-0.2, -0.15) is 5.10 Å². The first-order chi connectivity index (χ1) is 7.08. The quantitative estimate of drug-likeness (QED) is 0.423. The van der Waals surface area contributed by atoms with Crippen LogP contribution in [-0.2, 0) is 0 Å². The minimum Gasteiger partial charge on any atom is -0.369 e. The van der Waals surface area contributed by atoms with E-state index in [1.54, 1.807) is 0 Å². The summed E-state index contributed by atoms with van der Waals surface area (Å²) in [5, 5.41) is 7.82. The summed E-state index contributed by atoms with van der Waals surface area (Å²) >= 11 is 0. The van der Waals surface area contributed by atoms with Gasteiger partial charge in [-0.05, 0) is 43.9 Å². The molecular formula is C11H22N4. The Kier molecular flexibility index (Phi) is 4.59. The van der Waals surface area contributed by atoms with E-state index in [2.05, 4.69) is 24.1 Å². The molecule has 0 aromatic heterocycles. The van der Waals surface area contributed by atoms with Gasteiger partial charge in [0.1, 0.15) is 0 Å². The van der Waals surface area contributed by atoms with E-state index < -0.39 is 0 Å². The molecule has 1 rings (SSSR count). The Labute approximate surface area is 91.8 Å². The number of hydrogen-bond donors (Lipinski definition) is 2. The molecule has 4 N–H and O–H groups in total. The topological polar surface area (TPSA) is 76.8 Å². The van der Waals surface area contributed by atoms with Crippen LogP contribution in [0.3, 0.4) is 0 Å². The highest BCUT2D eigenvalue weighted by Gasteiger charge is 2.18. The predicted octanol–water partition coefficient (Wildman–Crippen LogP) is 1.85. The maximum atomic E-state index is 5.25. The Hall–Kier alpha value is -1.06. The zero-order valence-electron chi connectivity index (χ0n) is 9.74. The van der Waals surface area contributed by atoms with Gasteiger partial charge >= 0.3 is 0 Å². The number of nitrogens with two attached hydrogens (primary N) is 2. The van der Waals surface area contributed by atoms with E-state index in [9.17, 15) is 0 Å². The van der Waals surface area contributed by atoms with Crippen LogP contribution in [0.25, 0.3) is 0 Å². The normalized spacial score (nSPS) is 24.5. The minimum absolute atomic E-state index is 0.0495. The van der Waals surface area contributed by atoms with Crippen LogP contribution in [0.4, 0.5) is 0 Å². The van der Waals surface area contributed by atoms with Crippen molar-refractivity contribution in [2.75, 3.05) is 0 Å². The van der Waals surface area contributed by atoms with Gasteiger partial charge in [-0.3, -0.25) is 0 Å². The summed E-state index contributed by atoms with van der Waals surface area (Å²) in [5.74, 6) is 1.58. The highest BCUT2D eigenvalue weighted by atomic mass is 15.3. The van der Waals surface area contributed by atoms with Crippen LogP contribution >= 0.6 is 0 Å². The van der Waals surface area contributed by atoms with E-state index in [0.717, 1.165) is 30.4 Å². The van der Waals surface area contributed by atoms with Crippen LogP contribution in [0, 0.1) is 11.8 Å². The molecule has 0 radical (unpaired) electrons. The molecule has 15 heavy (non-hydrogen) atoms. The first kappa shape index (κ1) is 12.0. The zero-order chi connectivity index (χ0) is 11.3. The van der Waals surface area contributed by atoms with Crippen molar-refractivity contribution in [3.05, 3.63) is 0 Å². The van der Waals surface area contributed by atoms with Crippen LogP contribution in [0.1, 0.15) is 46.0 Å². The second-order valence-corrected chi connectivity index (χ2v) is 4.78. The average Bonchev–Trinajstić information content (AvgIpc) is 2.14. The van der Waals surface area contributed by atoms with Crippen molar-refractivity contribution in [1.82, 2.24) is 0 Å². The van der Waals surface area contributed by atoms with Crippen molar-refractivity contribution >= 4 is 11.7 Å². The summed E-state index contributed by atoms with van der Waals surface area (Å²) in [7, 11) is 0. The fraction of sp³-hybridized carbons (Fsp3) is 0.818. The number of guanidine groups is 1. The van der Waals surface area contributed by atoms with Gasteiger partial charge in [-0.15, -0.1) is 5.10 Å². The summed E-state index contributed by atoms with van der Waals surface area (Å²) in [4.78, 5) is 0. The zero-order valence-corrected chi connectivity index (χ0v) is 9.74. The van der Waals surface area contributed by atoms with Crippen molar-refractivity contribution in [2.24, 2.45) is 33.5 Å². The van der Waals surface area contributed by atoms with Gasteiger partial charge in [-0.25, -0.2) is 0 Å². The molecule has 86 valence electrons. The van der Waals surface area contributed by atoms with Crippen molar-refractivity contribution < 1.29 is 0 Å². The van der Waals surface area contributed by atoms with Gasteiger partial charge < -0.3 is 11.5 Å². The molecule has 1 aliphatic carbocycles. The highest BCUT2D eigenvalue weighted by Crippen LogP contribution is 2.27. The molecule has 4 nitrogen and oxygen atoms in total. The molecule has 1 fully saturated rings. The summed E-state index contributed by atoms with van der Waals surface area (Å²) in [5.41, 5.74) is 11.6. The number of nitrogens with zero attached hydrogens (tertiary/aromatic N) is 2. The summed E-state index contributed by atoms with van der Waals surface area (Å²) < 4.78 is 0. The van der Waals surface area contributed by atoms with Gasteiger partial charge in [0, 0.05) is 5.71 Å². The summed E-state index contributed by atoms with van der Waals surface area (Å²) in [6, 6.07) is 0. The average molecular weight is 210 g/mol. The molecule has 1 atom stereocenters. The van der Waals surface area contributed by atoms with Crippen LogP contribution in [-0.4, -0.2) is 11.7 Å². The smallest absolute Gasteiger partial charge is 0.211 e. The molecule has 0 aromatic carbocycles. The summed E-state index contributed by atoms with van der Waals surface area (Å²) in [6.07, 6.45) is 5.93. The largest absolute Gasteiger partial charge is 0.369 e. The Morgan fingerprint density at radius 2 is 2.20 bits per heavy atom. The van der Waals surface area contributed by atoms with Crippen LogP contribution in [0.15, 0.2) is 10.2 Å². The SMILES string of the molecule is CC(C)CC1CCCC(=NN=C(N)N)C1.